The molecule has 1 saturated heterocycles. The Morgan fingerprint density at radius 3 is 2.76 bits per heavy atom. The zero-order valence-corrected chi connectivity index (χ0v) is 11.7. The van der Waals surface area contributed by atoms with Crippen LogP contribution in [0.1, 0.15) is 23.2 Å². The molecule has 1 aromatic rings. The van der Waals surface area contributed by atoms with Crippen LogP contribution in [0, 0.1) is 0 Å². The minimum atomic E-state index is -0.438. The number of nitrogens with zero attached hydrogens (tertiary/aromatic N) is 1. The molecule has 1 aromatic carbocycles. The van der Waals surface area contributed by atoms with Gasteiger partial charge in [-0.15, -0.1) is 0 Å². The normalized spacial score (nSPS) is 19.7. The highest BCUT2D eigenvalue weighted by Crippen LogP contribution is 2.37. The van der Waals surface area contributed by atoms with E-state index in [9.17, 15) is 9.59 Å². The highest BCUT2D eigenvalue weighted by Gasteiger charge is 2.35. The number of amides is 2. The quantitative estimate of drug-likeness (QED) is 0.767. The fourth-order valence-corrected chi connectivity index (χ4v) is 2.75. The second kappa shape index (κ2) is 5.16. The second-order valence-corrected chi connectivity index (χ2v) is 5.06. The maximum Gasteiger partial charge on any atom is 0.256 e. The van der Waals surface area contributed by atoms with Gasteiger partial charge in [0.05, 0.1) is 5.56 Å². The van der Waals surface area contributed by atoms with Gasteiger partial charge in [0.1, 0.15) is 6.04 Å². The van der Waals surface area contributed by atoms with Crippen LogP contribution in [0.5, 0.6) is 11.5 Å². The second-order valence-electron chi connectivity index (χ2n) is 5.06. The number of rotatable bonds is 2. The molecule has 7 nitrogen and oxygen atoms in total. The molecule has 2 amide bonds. The molecule has 2 heterocycles. The summed E-state index contributed by atoms with van der Waals surface area (Å²) in [5, 5.41) is 2.59. The van der Waals surface area contributed by atoms with Gasteiger partial charge < -0.3 is 25.4 Å². The van der Waals surface area contributed by atoms with Crippen molar-refractivity contribution in [2.75, 3.05) is 26.1 Å². The molecule has 7 heteroatoms. The lowest BCUT2D eigenvalue weighted by molar-refractivity contribution is -0.124. The van der Waals surface area contributed by atoms with Crippen LogP contribution >= 0.6 is 0 Å². The van der Waals surface area contributed by atoms with Gasteiger partial charge in [-0.2, -0.15) is 0 Å². The summed E-state index contributed by atoms with van der Waals surface area (Å²) in [6.45, 7) is 0.668. The van der Waals surface area contributed by atoms with Crippen molar-refractivity contribution in [1.29, 1.82) is 0 Å². The fraction of sp³-hybridized carbons (Fsp3) is 0.429. The minimum Gasteiger partial charge on any atom is -0.454 e. The molecule has 0 aromatic heterocycles. The first-order valence-electron chi connectivity index (χ1n) is 6.83. The Hall–Kier alpha value is -2.44. The molecular formula is C14H17N3O4. The predicted octanol–water partition coefficient (Wildman–Crippen LogP) is 0.348. The van der Waals surface area contributed by atoms with E-state index in [1.165, 1.54) is 0 Å². The molecular weight excluding hydrogens is 274 g/mol. The summed E-state index contributed by atoms with van der Waals surface area (Å²) in [6, 6.07) is 2.73. The maximum absolute atomic E-state index is 12.7. The Morgan fingerprint density at radius 1 is 1.33 bits per heavy atom. The number of hydrogen-bond acceptors (Lipinski definition) is 5. The van der Waals surface area contributed by atoms with E-state index in [2.05, 4.69) is 5.32 Å². The maximum atomic E-state index is 12.7. The monoisotopic (exact) mass is 291 g/mol. The van der Waals surface area contributed by atoms with Crippen molar-refractivity contribution in [2.24, 2.45) is 0 Å². The van der Waals surface area contributed by atoms with Crippen molar-refractivity contribution >= 4 is 17.5 Å². The lowest BCUT2D eigenvalue weighted by atomic mass is 10.1. The van der Waals surface area contributed by atoms with Gasteiger partial charge in [0.15, 0.2) is 11.5 Å². The Bertz CT molecular complexity index is 602. The molecule has 1 atom stereocenters. The van der Waals surface area contributed by atoms with Crippen molar-refractivity contribution in [3.8, 4) is 11.5 Å². The lowest BCUT2D eigenvalue weighted by Gasteiger charge is -2.24. The number of fused-ring (bicyclic) bond motifs is 1. The molecule has 112 valence electrons. The van der Waals surface area contributed by atoms with Crippen LogP contribution in [0.25, 0.3) is 0 Å². The van der Waals surface area contributed by atoms with Crippen molar-refractivity contribution in [3.63, 3.8) is 0 Å². The molecule has 2 aliphatic heterocycles. The van der Waals surface area contributed by atoms with E-state index in [1.807, 2.05) is 0 Å². The number of nitrogen functional groups attached to an aromatic ring is 1. The number of anilines is 1. The largest absolute Gasteiger partial charge is 0.454 e. The molecule has 0 saturated carbocycles. The highest BCUT2D eigenvalue weighted by molar-refractivity contribution is 6.02. The van der Waals surface area contributed by atoms with E-state index in [-0.39, 0.29) is 18.6 Å². The van der Waals surface area contributed by atoms with Gasteiger partial charge in [-0.1, -0.05) is 0 Å². The third-order valence-corrected chi connectivity index (χ3v) is 3.84. The van der Waals surface area contributed by atoms with Gasteiger partial charge in [0.2, 0.25) is 12.7 Å². The number of benzene rings is 1. The average molecular weight is 291 g/mol. The summed E-state index contributed by atoms with van der Waals surface area (Å²) in [5.74, 6) is 0.633. The molecule has 21 heavy (non-hydrogen) atoms. The van der Waals surface area contributed by atoms with Crippen LogP contribution in [0.4, 0.5) is 5.69 Å². The molecule has 1 unspecified atom stereocenters. The SMILES string of the molecule is CNC(=O)C1CCCN1C(=O)c1cc2c(cc1N)OCO2. The van der Waals surface area contributed by atoms with E-state index >= 15 is 0 Å². The number of nitrogens with two attached hydrogens (primary N) is 1. The van der Waals surface area contributed by atoms with Crippen molar-refractivity contribution in [3.05, 3.63) is 17.7 Å². The van der Waals surface area contributed by atoms with E-state index in [0.717, 1.165) is 6.42 Å². The van der Waals surface area contributed by atoms with Crippen molar-refractivity contribution in [1.82, 2.24) is 10.2 Å². The van der Waals surface area contributed by atoms with Crippen LogP contribution in [-0.2, 0) is 4.79 Å². The average Bonchev–Trinajstić information content (AvgIpc) is 3.13. The first-order valence-corrected chi connectivity index (χ1v) is 6.83. The smallest absolute Gasteiger partial charge is 0.256 e. The number of hydrogen-bond donors (Lipinski definition) is 2. The summed E-state index contributed by atoms with van der Waals surface area (Å²) in [5.41, 5.74) is 6.60. The van der Waals surface area contributed by atoms with Crippen molar-refractivity contribution < 1.29 is 19.1 Å². The Balaban J connectivity index is 1.90. The zero-order valence-electron chi connectivity index (χ0n) is 11.7. The van der Waals surface area contributed by atoms with Crippen LogP contribution in [0.2, 0.25) is 0 Å². The van der Waals surface area contributed by atoms with E-state index in [0.29, 0.717) is 35.7 Å². The number of ether oxygens (including phenoxy) is 2. The van der Waals surface area contributed by atoms with Crippen LogP contribution in [0.3, 0.4) is 0 Å². The van der Waals surface area contributed by atoms with Crippen LogP contribution in [-0.4, -0.2) is 43.1 Å². The number of carbonyl (C=O) groups is 2. The molecule has 0 spiro atoms. The third-order valence-electron chi connectivity index (χ3n) is 3.84. The Kier molecular flexibility index (Phi) is 3.32. The first-order chi connectivity index (χ1) is 10.1. The number of carbonyl (C=O) groups excluding carboxylic acids is 2. The van der Waals surface area contributed by atoms with E-state index in [4.69, 9.17) is 15.2 Å². The molecule has 1 fully saturated rings. The van der Waals surface area contributed by atoms with E-state index in [1.54, 1.807) is 24.1 Å². The van der Waals surface area contributed by atoms with E-state index < -0.39 is 6.04 Å². The summed E-state index contributed by atoms with van der Waals surface area (Å²) in [7, 11) is 1.57. The van der Waals surface area contributed by atoms with Gasteiger partial charge in [-0.3, -0.25) is 9.59 Å². The molecule has 3 rings (SSSR count). The van der Waals surface area contributed by atoms with Gasteiger partial charge >= 0.3 is 0 Å². The summed E-state index contributed by atoms with van der Waals surface area (Å²) >= 11 is 0. The zero-order chi connectivity index (χ0) is 15.0. The molecule has 0 aliphatic carbocycles. The van der Waals surface area contributed by atoms with Gasteiger partial charge in [0.25, 0.3) is 5.91 Å². The van der Waals surface area contributed by atoms with Crippen LogP contribution in [0.15, 0.2) is 12.1 Å². The Morgan fingerprint density at radius 2 is 2.05 bits per heavy atom. The standard InChI is InChI=1S/C14H17N3O4/c1-16-13(18)10-3-2-4-17(10)14(19)8-5-11-12(6-9(8)15)21-7-20-11/h5-6,10H,2-4,7,15H2,1H3,(H,16,18). The lowest BCUT2D eigenvalue weighted by Crippen LogP contribution is -2.45. The molecule has 0 radical (unpaired) electrons. The third kappa shape index (κ3) is 2.24. The molecule has 0 bridgehead atoms. The highest BCUT2D eigenvalue weighted by atomic mass is 16.7. The number of likely N-dealkylation sites (tertiary alicyclic amines) is 1. The van der Waals surface area contributed by atoms with Crippen LogP contribution < -0.4 is 20.5 Å². The topological polar surface area (TPSA) is 93.9 Å². The first kappa shape index (κ1) is 13.5. The molecule has 2 aliphatic rings. The number of likely N-dealkylation sites (N-methyl/N-ethyl adjacent to an activating group) is 1. The fourth-order valence-electron chi connectivity index (χ4n) is 2.75. The Labute approximate surface area is 122 Å². The van der Waals surface area contributed by atoms with Crippen molar-refractivity contribution in [2.45, 2.75) is 18.9 Å². The molecule has 3 N–H and O–H groups in total. The predicted molar refractivity (Wildman–Crippen MR) is 75.1 cm³/mol. The van der Waals surface area contributed by atoms with Gasteiger partial charge in [0, 0.05) is 25.3 Å². The summed E-state index contributed by atoms with van der Waals surface area (Å²) < 4.78 is 10.5. The summed E-state index contributed by atoms with van der Waals surface area (Å²) in [6.07, 6.45) is 1.46. The summed E-state index contributed by atoms with van der Waals surface area (Å²) in [4.78, 5) is 26.1. The van der Waals surface area contributed by atoms with Gasteiger partial charge in [-0.25, -0.2) is 0 Å². The number of nitrogens with one attached hydrogen (secondary N) is 1. The van der Waals surface area contributed by atoms with Gasteiger partial charge in [-0.05, 0) is 18.9 Å². The minimum absolute atomic E-state index is 0.122.